The molecule has 2 rings (SSSR count). The van der Waals surface area contributed by atoms with Gasteiger partial charge in [0.05, 0.1) is 22.0 Å². The fourth-order valence-electron chi connectivity index (χ4n) is 1.72. The molecule has 2 aromatic rings. The smallest absolute Gasteiger partial charge is 0.337 e. The first kappa shape index (κ1) is 14.5. The third-order valence-electron chi connectivity index (χ3n) is 2.57. The summed E-state index contributed by atoms with van der Waals surface area (Å²) in [7, 11) is 0. The molecule has 0 saturated carbocycles. The number of aromatic nitrogens is 1. The van der Waals surface area contributed by atoms with Crippen molar-refractivity contribution in [1.29, 1.82) is 0 Å². The molecule has 0 atom stereocenters. The Kier molecular flexibility index (Phi) is 4.06. The topological polar surface area (TPSA) is 79.3 Å². The van der Waals surface area contributed by atoms with Gasteiger partial charge in [-0.05, 0) is 32.0 Å². The lowest BCUT2D eigenvalue weighted by molar-refractivity contribution is 0.0698. The summed E-state index contributed by atoms with van der Waals surface area (Å²) in [5, 5.41) is 12.8. The number of carboxylic acids is 1. The van der Waals surface area contributed by atoms with E-state index in [4.69, 9.17) is 16.7 Å². The van der Waals surface area contributed by atoms with Crippen LogP contribution in [0.15, 0.2) is 18.2 Å². The Morgan fingerprint density at radius 2 is 2.05 bits per heavy atom. The lowest BCUT2D eigenvalue weighted by Gasteiger charge is -2.08. The molecule has 0 fully saturated rings. The normalized spacial score (nSPS) is 10.3. The third kappa shape index (κ3) is 2.97. The predicted molar refractivity (Wildman–Crippen MR) is 78.0 cm³/mol. The van der Waals surface area contributed by atoms with Gasteiger partial charge in [0.2, 0.25) is 0 Å². The number of anilines is 1. The lowest BCUT2D eigenvalue weighted by atomic mass is 10.1. The maximum Gasteiger partial charge on any atom is 0.337 e. The Balaban J connectivity index is 2.33. The highest BCUT2D eigenvalue weighted by atomic mass is 35.5. The van der Waals surface area contributed by atoms with E-state index in [1.807, 2.05) is 0 Å². The van der Waals surface area contributed by atoms with Crippen molar-refractivity contribution in [2.24, 2.45) is 0 Å². The summed E-state index contributed by atoms with van der Waals surface area (Å²) >= 11 is 7.02. The first-order valence-electron chi connectivity index (χ1n) is 5.66. The second-order valence-corrected chi connectivity index (χ2v) is 5.74. The van der Waals surface area contributed by atoms with Gasteiger partial charge in [-0.15, -0.1) is 11.3 Å². The highest BCUT2D eigenvalue weighted by Gasteiger charge is 2.17. The van der Waals surface area contributed by atoms with E-state index in [9.17, 15) is 9.59 Å². The van der Waals surface area contributed by atoms with E-state index in [0.717, 1.165) is 5.01 Å². The van der Waals surface area contributed by atoms with Crippen LogP contribution in [0.5, 0.6) is 0 Å². The van der Waals surface area contributed by atoms with Crippen LogP contribution in [0.1, 0.15) is 30.7 Å². The molecule has 0 saturated heterocycles. The van der Waals surface area contributed by atoms with Gasteiger partial charge in [-0.2, -0.15) is 0 Å². The summed E-state index contributed by atoms with van der Waals surface area (Å²) in [5.41, 5.74) is 0.776. The number of thiazole rings is 1. The molecule has 2 N–H and O–H groups in total. The number of rotatable bonds is 3. The molecule has 0 bridgehead atoms. The summed E-state index contributed by atoms with van der Waals surface area (Å²) in [6.45, 7) is 3.54. The zero-order valence-corrected chi connectivity index (χ0v) is 12.3. The van der Waals surface area contributed by atoms with E-state index in [2.05, 4.69) is 10.3 Å². The molecule has 1 amide bonds. The number of benzene rings is 1. The average Bonchev–Trinajstić information content (AvgIpc) is 2.70. The second kappa shape index (κ2) is 5.60. The van der Waals surface area contributed by atoms with E-state index < -0.39 is 5.97 Å². The van der Waals surface area contributed by atoms with Gasteiger partial charge in [0.25, 0.3) is 5.91 Å². The van der Waals surface area contributed by atoms with Crippen molar-refractivity contribution in [1.82, 2.24) is 4.98 Å². The first-order chi connectivity index (χ1) is 9.38. The van der Waals surface area contributed by atoms with Gasteiger partial charge in [-0.1, -0.05) is 11.6 Å². The third-order valence-corrected chi connectivity index (χ3v) is 3.88. The number of carbonyl (C=O) groups is 2. The largest absolute Gasteiger partial charge is 0.478 e. The molecular weight excluding hydrogens is 300 g/mol. The van der Waals surface area contributed by atoms with E-state index in [1.165, 1.54) is 29.5 Å². The molecule has 1 aromatic heterocycles. The highest BCUT2D eigenvalue weighted by molar-refractivity contribution is 7.13. The molecule has 0 aliphatic heterocycles. The van der Waals surface area contributed by atoms with Crippen molar-refractivity contribution >= 4 is 40.5 Å². The first-order valence-corrected chi connectivity index (χ1v) is 6.86. The monoisotopic (exact) mass is 310 g/mol. The molecule has 7 heteroatoms. The second-order valence-electron chi connectivity index (χ2n) is 4.10. The van der Waals surface area contributed by atoms with Crippen molar-refractivity contribution < 1.29 is 14.7 Å². The van der Waals surface area contributed by atoms with Gasteiger partial charge in [-0.3, -0.25) is 4.79 Å². The van der Waals surface area contributed by atoms with E-state index in [1.54, 1.807) is 13.8 Å². The van der Waals surface area contributed by atoms with Crippen LogP contribution < -0.4 is 5.32 Å². The Hall–Kier alpha value is -1.92. The molecule has 0 aliphatic rings. The summed E-state index contributed by atoms with van der Waals surface area (Å²) < 4.78 is 0. The van der Waals surface area contributed by atoms with Gasteiger partial charge < -0.3 is 10.4 Å². The Bertz CT molecular complexity index is 697. The number of carboxylic acid groups (broad SMARTS) is 1. The number of hydrogen-bond acceptors (Lipinski definition) is 4. The number of aromatic carboxylic acids is 1. The maximum atomic E-state index is 12.1. The molecule has 1 aromatic carbocycles. The number of halogens is 1. The van der Waals surface area contributed by atoms with E-state index in [-0.39, 0.29) is 17.2 Å². The average molecular weight is 311 g/mol. The molecule has 0 aliphatic carbocycles. The number of hydrogen-bond donors (Lipinski definition) is 2. The SMILES string of the molecule is Cc1nc(C)c(C(=O)Nc2ccc(Cl)cc2C(=O)O)s1. The van der Waals surface area contributed by atoms with Crippen LogP contribution in [0.25, 0.3) is 0 Å². The van der Waals surface area contributed by atoms with Crippen LogP contribution in [0.3, 0.4) is 0 Å². The molecule has 0 spiro atoms. The summed E-state index contributed by atoms with van der Waals surface area (Å²) in [6, 6.07) is 4.28. The fourth-order valence-corrected chi connectivity index (χ4v) is 2.71. The van der Waals surface area contributed by atoms with Crippen molar-refractivity contribution in [3.63, 3.8) is 0 Å². The molecule has 0 radical (unpaired) electrons. The zero-order chi connectivity index (χ0) is 14.9. The molecule has 5 nitrogen and oxygen atoms in total. The number of nitrogens with zero attached hydrogens (tertiary/aromatic N) is 1. The molecular formula is C13H11ClN2O3S. The standard InChI is InChI=1S/C13H11ClN2O3S/c1-6-11(20-7(2)15-6)12(17)16-10-4-3-8(14)5-9(10)13(18)19/h3-5H,1-2H3,(H,16,17)(H,18,19). The summed E-state index contributed by atoms with van der Waals surface area (Å²) in [4.78, 5) is 27.9. The number of amides is 1. The Morgan fingerprint density at radius 1 is 1.35 bits per heavy atom. The molecule has 0 unspecified atom stereocenters. The number of nitrogens with one attached hydrogen (secondary N) is 1. The van der Waals surface area contributed by atoms with Crippen LogP contribution in [0.4, 0.5) is 5.69 Å². The quantitative estimate of drug-likeness (QED) is 0.911. The minimum absolute atomic E-state index is 0.0512. The Morgan fingerprint density at radius 3 is 2.60 bits per heavy atom. The van der Waals surface area contributed by atoms with Crippen molar-refractivity contribution in [3.05, 3.63) is 44.4 Å². The van der Waals surface area contributed by atoms with Crippen LogP contribution in [-0.4, -0.2) is 22.0 Å². The minimum Gasteiger partial charge on any atom is -0.478 e. The number of aryl methyl sites for hydroxylation is 2. The van der Waals surface area contributed by atoms with Crippen molar-refractivity contribution in [2.45, 2.75) is 13.8 Å². The molecule has 1 heterocycles. The predicted octanol–water partition coefficient (Wildman–Crippen LogP) is 3.36. The van der Waals surface area contributed by atoms with E-state index in [0.29, 0.717) is 15.6 Å². The number of carbonyl (C=O) groups excluding carboxylic acids is 1. The van der Waals surface area contributed by atoms with Crippen LogP contribution in [0.2, 0.25) is 5.02 Å². The van der Waals surface area contributed by atoms with Gasteiger partial charge in [-0.25, -0.2) is 9.78 Å². The maximum absolute atomic E-state index is 12.1. The fraction of sp³-hybridized carbons (Fsp3) is 0.154. The van der Waals surface area contributed by atoms with Crippen LogP contribution in [-0.2, 0) is 0 Å². The zero-order valence-electron chi connectivity index (χ0n) is 10.7. The minimum atomic E-state index is -1.15. The van der Waals surface area contributed by atoms with Crippen LogP contribution >= 0.6 is 22.9 Å². The van der Waals surface area contributed by atoms with E-state index >= 15 is 0 Å². The summed E-state index contributed by atoms with van der Waals surface area (Å²) in [5.74, 6) is -1.53. The van der Waals surface area contributed by atoms with Gasteiger partial charge >= 0.3 is 5.97 Å². The summed E-state index contributed by atoms with van der Waals surface area (Å²) in [6.07, 6.45) is 0. The van der Waals surface area contributed by atoms with Crippen LogP contribution in [0, 0.1) is 13.8 Å². The highest BCUT2D eigenvalue weighted by Crippen LogP contribution is 2.23. The van der Waals surface area contributed by atoms with Crippen molar-refractivity contribution in [2.75, 3.05) is 5.32 Å². The van der Waals surface area contributed by atoms with Gasteiger partial charge in [0.15, 0.2) is 0 Å². The molecule has 20 heavy (non-hydrogen) atoms. The Labute approximate surface area is 124 Å². The lowest BCUT2D eigenvalue weighted by Crippen LogP contribution is -2.14. The van der Waals surface area contributed by atoms with Gasteiger partial charge in [0, 0.05) is 5.02 Å². The van der Waals surface area contributed by atoms with Gasteiger partial charge in [0.1, 0.15) is 4.88 Å². The van der Waals surface area contributed by atoms with Crippen molar-refractivity contribution in [3.8, 4) is 0 Å². The molecule has 104 valence electrons.